The number of methoxy groups -OCH3 is 1. The van der Waals surface area contributed by atoms with Gasteiger partial charge >= 0.3 is 11.9 Å². The molecule has 3 aliphatic rings. The largest absolute Gasteiger partial charge is 0.462 e. The van der Waals surface area contributed by atoms with Crippen molar-refractivity contribution in [1.29, 1.82) is 0 Å². The summed E-state index contributed by atoms with van der Waals surface area (Å²) in [5.74, 6) is 0.463. The van der Waals surface area contributed by atoms with Crippen LogP contribution in [0.2, 0.25) is 0 Å². The summed E-state index contributed by atoms with van der Waals surface area (Å²) in [4.78, 5) is 18.4. The van der Waals surface area contributed by atoms with Gasteiger partial charge in [0.15, 0.2) is 5.54 Å². The number of thioether (sulfide) groups is 1. The third-order valence-corrected chi connectivity index (χ3v) is 10.5. The van der Waals surface area contributed by atoms with E-state index in [0.717, 1.165) is 28.7 Å². The number of allylic oxidation sites excluding steroid dienone is 4. The number of carbonyl (C=O) groups is 1. The van der Waals surface area contributed by atoms with Crippen LogP contribution in [0.1, 0.15) is 30.0 Å². The molecular weight excluding hydrogens is 538 g/mol. The van der Waals surface area contributed by atoms with Crippen LogP contribution in [0.25, 0.3) is 5.70 Å². The number of benzene rings is 3. The highest BCUT2D eigenvalue weighted by atomic mass is 32.2. The molecule has 0 fully saturated rings. The molecule has 0 N–H and O–H groups in total. The van der Waals surface area contributed by atoms with Crippen molar-refractivity contribution in [2.24, 2.45) is 0 Å². The normalized spacial score (nSPS) is 22.3. The van der Waals surface area contributed by atoms with E-state index in [1.807, 2.05) is 18.3 Å². The number of esters is 1. The fourth-order valence-corrected chi connectivity index (χ4v) is 8.52. The molecule has 3 aromatic carbocycles. The molecule has 2 aliphatic heterocycles. The van der Waals surface area contributed by atoms with Crippen LogP contribution in [0, 0.1) is 0 Å². The van der Waals surface area contributed by atoms with Gasteiger partial charge in [0.2, 0.25) is 5.70 Å². The second-order valence-electron chi connectivity index (χ2n) is 11.1. The molecule has 5 nitrogen and oxygen atoms in total. The molecule has 2 atom stereocenters. The highest BCUT2D eigenvalue weighted by molar-refractivity contribution is 8.00. The van der Waals surface area contributed by atoms with Gasteiger partial charge in [-0.05, 0) is 35.3 Å². The van der Waals surface area contributed by atoms with Crippen LogP contribution in [0.5, 0.6) is 0 Å². The SMILES string of the molecule is COC(=O)C1=CC=CC23CC=CC(C)=C2n2c(SC(c4ccccc4)(c4ccccc4)c4ccccc4)cnc2[N+]13C. The van der Waals surface area contributed by atoms with E-state index in [2.05, 4.69) is 128 Å². The number of quaternary nitrogens is 1. The first-order valence-corrected chi connectivity index (χ1v) is 15.0. The number of aromatic nitrogens is 2. The number of ether oxygens (including phenoxy) is 1. The number of nitrogens with zero attached hydrogens (tertiary/aromatic N) is 3. The predicted molar refractivity (Wildman–Crippen MR) is 170 cm³/mol. The minimum atomic E-state index is -0.564. The van der Waals surface area contributed by atoms with Gasteiger partial charge in [-0.3, -0.25) is 0 Å². The fraction of sp³-hybridized carbons (Fsp3) is 0.167. The van der Waals surface area contributed by atoms with E-state index in [1.165, 1.54) is 23.8 Å². The molecule has 208 valence electrons. The van der Waals surface area contributed by atoms with Crippen LogP contribution in [0.3, 0.4) is 0 Å². The van der Waals surface area contributed by atoms with E-state index in [0.29, 0.717) is 5.70 Å². The number of imidazole rings is 1. The molecule has 1 spiro atoms. The van der Waals surface area contributed by atoms with Gasteiger partial charge in [0.05, 0.1) is 30.8 Å². The topological polar surface area (TPSA) is 44.1 Å². The lowest BCUT2D eigenvalue weighted by Gasteiger charge is -2.44. The minimum Gasteiger partial charge on any atom is -0.462 e. The standard InChI is InChI=1S/C36H32N3O2S/c1-26-15-13-23-35-24-14-22-30(33(40)41-3)39(35,2)34-37-25-31(38(34)32(26)35)42-36(27-16-7-4-8-17-27,28-18-9-5-10-19-28)29-20-11-6-12-21-29/h4-22,24-25H,23H2,1-3H3/q+1. The second-order valence-corrected chi connectivity index (χ2v) is 12.3. The average molecular weight is 571 g/mol. The summed E-state index contributed by atoms with van der Waals surface area (Å²) in [6.07, 6.45) is 13.2. The Balaban J connectivity index is 1.52. The maximum Gasteiger partial charge on any atom is 0.393 e. The van der Waals surface area contributed by atoms with Gasteiger partial charge in [0.1, 0.15) is 5.03 Å². The van der Waals surface area contributed by atoms with E-state index in [9.17, 15) is 4.79 Å². The molecule has 4 aromatic rings. The Morgan fingerprint density at radius 2 is 1.52 bits per heavy atom. The molecule has 6 heteroatoms. The van der Waals surface area contributed by atoms with Crippen molar-refractivity contribution >= 4 is 29.4 Å². The van der Waals surface area contributed by atoms with Gasteiger partial charge in [-0.1, -0.05) is 121 Å². The molecule has 1 aromatic heterocycles. The summed E-state index contributed by atoms with van der Waals surface area (Å²) in [6.45, 7) is 2.16. The van der Waals surface area contributed by atoms with Crippen LogP contribution in [-0.2, 0) is 14.3 Å². The van der Waals surface area contributed by atoms with Crippen LogP contribution < -0.4 is 4.48 Å². The van der Waals surface area contributed by atoms with Crippen LogP contribution in [-0.4, -0.2) is 35.2 Å². The molecule has 7 rings (SSSR count). The molecule has 42 heavy (non-hydrogen) atoms. The average Bonchev–Trinajstić information content (AvgIpc) is 3.55. The van der Waals surface area contributed by atoms with Crippen molar-refractivity contribution in [2.45, 2.75) is 28.7 Å². The fourth-order valence-electron chi connectivity index (χ4n) is 7.07. The van der Waals surface area contributed by atoms with Crippen molar-refractivity contribution in [3.8, 4) is 0 Å². The molecule has 0 amide bonds. The van der Waals surface area contributed by atoms with Crippen molar-refractivity contribution in [3.05, 3.63) is 156 Å². The first kappa shape index (κ1) is 26.5. The Morgan fingerprint density at radius 1 is 0.952 bits per heavy atom. The van der Waals surface area contributed by atoms with E-state index in [-0.39, 0.29) is 10.5 Å². The van der Waals surface area contributed by atoms with E-state index >= 15 is 0 Å². The third kappa shape index (κ3) is 3.49. The highest BCUT2D eigenvalue weighted by Gasteiger charge is 2.65. The third-order valence-electron chi connectivity index (χ3n) is 9.01. The Hall–Kier alpha value is -4.39. The van der Waals surface area contributed by atoms with E-state index in [1.54, 1.807) is 11.8 Å². The zero-order valence-electron chi connectivity index (χ0n) is 23.9. The molecule has 0 radical (unpaired) electrons. The van der Waals surface area contributed by atoms with Crippen LogP contribution in [0.4, 0.5) is 5.95 Å². The summed E-state index contributed by atoms with van der Waals surface area (Å²) in [6, 6.07) is 32.1. The summed E-state index contributed by atoms with van der Waals surface area (Å²) in [5, 5.41) is 1.01. The number of hydrogen-bond donors (Lipinski definition) is 0. The molecule has 0 bridgehead atoms. The first-order valence-electron chi connectivity index (χ1n) is 14.1. The van der Waals surface area contributed by atoms with Gasteiger partial charge in [0.25, 0.3) is 0 Å². The van der Waals surface area contributed by atoms with E-state index in [4.69, 9.17) is 9.72 Å². The minimum absolute atomic E-state index is 0.225. The Labute approximate surface area is 250 Å². The zero-order valence-corrected chi connectivity index (χ0v) is 24.7. The summed E-state index contributed by atoms with van der Waals surface area (Å²) < 4.78 is 7.27. The molecular formula is C36H32N3O2S+. The van der Waals surface area contributed by atoms with Gasteiger partial charge in [-0.15, -0.1) is 0 Å². The lowest BCUT2D eigenvalue weighted by Crippen LogP contribution is -2.62. The van der Waals surface area contributed by atoms with Crippen LogP contribution >= 0.6 is 11.8 Å². The summed E-state index contributed by atoms with van der Waals surface area (Å²) in [5.41, 5.74) is 5.91. The van der Waals surface area contributed by atoms with Crippen molar-refractivity contribution in [2.75, 3.05) is 14.2 Å². The molecule has 0 saturated heterocycles. The number of likely N-dealkylation sites (N-methyl/N-ethyl adjacent to an activating group) is 1. The Morgan fingerprint density at radius 3 is 2.07 bits per heavy atom. The van der Waals surface area contributed by atoms with Crippen molar-refractivity contribution < 1.29 is 9.53 Å². The number of hydrogen-bond acceptors (Lipinski definition) is 4. The van der Waals surface area contributed by atoms with Gasteiger partial charge in [-0.2, -0.15) is 4.98 Å². The lowest BCUT2D eigenvalue weighted by atomic mass is 9.80. The monoisotopic (exact) mass is 570 g/mol. The molecule has 3 heterocycles. The van der Waals surface area contributed by atoms with Crippen molar-refractivity contribution in [3.63, 3.8) is 0 Å². The summed E-state index contributed by atoms with van der Waals surface area (Å²) >= 11 is 1.79. The van der Waals surface area contributed by atoms with Gasteiger partial charge < -0.3 is 4.74 Å². The zero-order chi connectivity index (χ0) is 29.0. The number of fused-ring (bicyclic) bond motifs is 3. The van der Waals surface area contributed by atoms with Gasteiger partial charge in [-0.25, -0.2) is 13.8 Å². The van der Waals surface area contributed by atoms with E-state index < -0.39 is 10.3 Å². The first-order chi connectivity index (χ1) is 20.5. The lowest BCUT2D eigenvalue weighted by molar-refractivity contribution is -0.138. The Bertz CT molecular complexity index is 1710. The van der Waals surface area contributed by atoms with Crippen LogP contribution in [0.15, 0.2) is 144 Å². The quantitative estimate of drug-likeness (QED) is 0.104. The number of carbonyl (C=O) groups excluding carboxylic acids is 1. The Kier molecular flexibility index (Phi) is 6.22. The molecule has 1 aliphatic carbocycles. The smallest absolute Gasteiger partial charge is 0.393 e. The second kappa shape index (κ2) is 9.86. The van der Waals surface area contributed by atoms with Crippen molar-refractivity contribution in [1.82, 2.24) is 14.0 Å². The maximum absolute atomic E-state index is 13.3. The maximum atomic E-state index is 13.3. The highest BCUT2D eigenvalue weighted by Crippen LogP contribution is 2.60. The number of rotatable bonds is 6. The summed E-state index contributed by atoms with van der Waals surface area (Å²) in [7, 11) is 3.54. The molecule has 2 unspecified atom stereocenters. The van der Waals surface area contributed by atoms with Gasteiger partial charge in [0, 0.05) is 12.5 Å². The molecule has 0 saturated carbocycles. The predicted octanol–water partition coefficient (Wildman–Crippen LogP) is 7.47.